The van der Waals surface area contributed by atoms with Gasteiger partial charge in [0.15, 0.2) is 0 Å². The molecule has 1 unspecified atom stereocenters. The van der Waals surface area contributed by atoms with E-state index in [4.69, 9.17) is 5.73 Å². The van der Waals surface area contributed by atoms with Crippen molar-refractivity contribution < 1.29 is 0 Å². The standard InChI is InChI=1S/C16H30N2/c1-10(18-9-16(2,3)17)15-13-5-11-4-12(7-13)8-14(15)6-11/h10-15,18H,4-9,17H2,1-3H3. The second-order valence-corrected chi connectivity index (χ2v) is 8.17. The molecule has 2 heteroatoms. The van der Waals surface area contributed by atoms with E-state index >= 15 is 0 Å². The second kappa shape index (κ2) is 4.49. The van der Waals surface area contributed by atoms with Gasteiger partial charge in [-0.05, 0) is 82.5 Å². The molecular formula is C16H30N2. The minimum atomic E-state index is -0.0832. The molecule has 0 saturated heterocycles. The van der Waals surface area contributed by atoms with E-state index in [1.54, 1.807) is 6.42 Å². The van der Waals surface area contributed by atoms with Gasteiger partial charge < -0.3 is 11.1 Å². The van der Waals surface area contributed by atoms with Gasteiger partial charge in [0.25, 0.3) is 0 Å². The maximum Gasteiger partial charge on any atom is 0.0223 e. The summed E-state index contributed by atoms with van der Waals surface area (Å²) in [6, 6.07) is 0.655. The predicted octanol–water partition coefficient (Wildman–Crippen LogP) is 2.77. The van der Waals surface area contributed by atoms with E-state index in [1.807, 2.05) is 0 Å². The average Bonchev–Trinajstić information content (AvgIpc) is 2.23. The summed E-state index contributed by atoms with van der Waals surface area (Å²) in [5.74, 6) is 5.14. The monoisotopic (exact) mass is 250 g/mol. The first-order chi connectivity index (χ1) is 8.42. The minimum absolute atomic E-state index is 0.0832. The number of rotatable bonds is 4. The van der Waals surface area contributed by atoms with Gasteiger partial charge >= 0.3 is 0 Å². The molecule has 1 atom stereocenters. The van der Waals surface area contributed by atoms with Gasteiger partial charge in [0.1, 0.15) is 0 Å². The fourth-order valence-electron chi connectivity index (χ4n) is 5.34. The van der Waals surface area contributed by atoms with Gasteiger partial charge in [-0.3, -0.25) is 0 Å². The number of hydrogen-bond acceptors (Lipinski definition) is 2. The molecule has 4 bridgehead atoms. The largest absolute Gasteiger partial charge is 0.324 e. The van der Waals surface area contributed by atoms with Crippen LogP contribution >= 0.6 is 0 Å². The van der Waals surface area contributed by atoms with Crippen molar-refractivity contribution in [2.45, 2.75) is 64.5 Å². The molecule has 4 aliphatic rings. The van der Waals surface area contributed by atoms with Crippen LogP contribution in [-0.2, 0) is 0 Å². The topological polar surface area (TPSA) is 38.0 Å². The number of hydrogen-bond donors (Lipinski definition) is 2. The Kier molecular flexibility index (Phi) is 3.22. The summed E-state index contributed by atoms with van der Waals surface area (Å²) >= 11 is 0. The average molecular weight is 250 g/mol. The smallest absolute Gasteiger partial charge is 0.0223 e. The fourth-order valence-corrected chi connectivity index (χ4v) is 5.34. The summed E-state index contributed by atoms with van der Waals surface area (Å²) in [6.07, 6.45) is 7.65. The van der Waals surface area contributed by atoms with Crippen molar-refractivity contribution in [3.63, 3.8) is 0 Å². The zero-order valence-corrected chi connectivity index (χ0v) is 12.3. The van der Waals surface area contributed by atoms with Gasteiger partial charge in [0.05, 0.1) is 0 Å². The van der Waals surface area contributed by atoms with E-state index in [2.05, 4.69) is 26.1 Å². The Balaban J connectivity index is 1.62. The third-order valence-corrected chi connectivity index (χ3v) is 5.76. The van der Waals surface area contributed by atoms with Gasteiger partial charge in [0.2, 0.25) is 0 Å². The van der Waals surface area contributed by atoms with Crippen molar-refractivity contribution in [2.75, 3.05) is 6.54 Å². The first-order valence-electron chi connectivity index (χ1n) is 7.94. The molecule has 0 heterocycles. The highest BCUT2D eigenvalue weighted by Gasteiger charge is 2.49. The molecule has 3 N–H and O–H groups in total. The van der Waals surface area contributed by atoms with E-state index in [1.165, 1.54) is 25.7 Å². The number of nitrogens with two attached hydrogens (primary N) is 1. The summed E-state index contributed by atoms with van der Waals surface area (Å²) in [4.78, 5) is 0. The summed E-state index contributed by atoms with van der Waals surface area (Å²) in [5.41, 5.74) is 6.01. The van der Waals surface area contributed by atoms with Crippen LogP contribution in [0.5, 0.6) is 0 Å². The van der Waals surface area contributed by atoms with Gasteiger partial charge in [-0.1, -0.05) is 0 Å². The molecule has 0 radical (unpaired) electrons. The van der Waals surface area contributed by atoms with Crippen LogP contribution in [0.15, 0.2) is 0 Å². The lowest BCUT2D eigenvalue weighted by Gasteiger charge is -2.56. The van der Waals surface area contributed by atoms with E-state index in [0.717, 1.165) is 36.1 Å². The molecule has 0 amide bonds. The molecule has 4 rings (SSSR count). The van der Waals surface area contributed by atoms with Gasteiger partial charge in [-0.15, -0.1) is 0 Å². The van der Waals surface area contributed by atoms with Crippen LogP contribution in [0.4, 0.5) is 0 Å². The summed E-state index contributed by atoms with van der Waals surface area (Å²) < 4.78 is 0. The Morgan fingerprint density at radius 2 is 1.56 bits per heavy atom. The van der Waals surface area contributed by atoms with Crippen molar-refractivity contribution in [1.82, 2.24) is 5.32 Å². The zero-order valence-electron chi connectivity index (χ0n) is 12.3. The van der Waals surface area contributed by atoms with Gasteiger partial charge in [0, 0.05) is 18.1 Å². The van der Waals surface area contributed by atoms with Crippen LogP contribution in [0.1, 0.15) is 52.9 Å². The van der Waals surface area contributed by atoms with E-state index in [0.29, 0.717) is 6.04 Å². The molecular weight excluding hydrogens is 220 g/mol. The molecule has 4 aliphatic carbocycles. The first-order valence-corrected chi connectivity index (χ1v) is 7.94. The van der Waals surface area contributed by atoms with Crippen molar-refractivity contribution >= 4 is 0 Å². The Labute approximate surface area is 112 Å². The minimum Gasteiger partial charge on any atom is -0.324 e. The Bertz CT molecular complexity index is 277. The van der Waals surface area contributed by atoms with Crippen molar-refractivity contribution in [1.29, 1.82) is 0 Å². The van der Waals surface area contributed by atoms with Gasteiger partial charge in [-0.25, -0.2) is 0 Å². The molecule has 0 aliphatic heterocycles. The third kappa shape index (κ3) is 2.46. The highest BCUT2D eigenvalue weighted by Crippen LogP contribution is 2.57. The maximum atomic E-state index is 6.10. The lowest BCUT2D eigenvalue weighted by molar-refractivity contribution is -0.0496. The lowest BCUT2D eigenvalue weighted by Crippen LogP contribution is -2.54. The lowest BCUT2D eigenvalue weighted by atomic mass is 9.50. The molecule has 18 heavy (non-hydrogen) atoms. The first kappa shape index (κ1) is 12.9. The molecule has 104 valence electrons. The second-order valence-electron chi connectivity index (χ2n) is 8.17. The van der Waals surface area contributed by atoms with Crippen LogP contribution < -0.4 is 11.1 Å². The molecule has 0 aromatic heterocycles. The SMILES string of the molecule is CC(NCC(C)(C)N)C1C2CC3CC(C2)CC1C3. The summed E-state index contributed by atoms with van der Waals surface area (Å²) in [5, 5.41) is 3.73. The van der Waals surface area contributed by atoms with Crippen LogP contribution in [0.25, 0.3) is 0 Å². The molecule has 0 aromatic rings. The molecule has 4 saturated carbocycles. The molecule has 0 spiro atoms. The Morgan fingerprint density at radius 1 is 1.06 bits per heavy atom. The molecule has 4 fully saturated rings. The molecule has 0 aromatic carbocycles. The quantitative estimate of drug-likeness (QED) is 0.805. The van der Waals surface area contributed by atoms with Crippen LogP contribution in [0, 0.1) is 29.6 Å². The Hall–Kier alpha value is -0.0800. The Morgan fingerprint density at radius 3 is 2.00 bits per heavy atom. The van der Waals surface area contributed by atoms with E-state index in [-0.39, 0.29) is 5.54 Å². The summed E-state index contributed by atoms with van der Waals surface area (Å²) in [6.45, 7) is 7.57. The van der Waals surface area contributed by atoms with Gasteiger partial charge in [-0.2, -0.15) is 0 Å². The van der Waals surface area contributed by atoms with Crippen LogP contribution in [-0.4, -0.2) is 18.1 Å². The van der Waals surface area contributed by atoms with E-state index < -0.39 is 0 Å². The summed E-state index contributed by atoms with van der Waals surface area (Å²) in [7, 11) is 0. The predicted molar refractivity (Wildman–Crippen MR) is 76.3 cm³/mol. The van der Waals surface area contributed by atoms with Crippen LogP contribution in [0.3, 0.4) is 0 Å². The number of nitrogens with one attached hydrogen (secondary N) is 1. The highest BCUT2D eigenvalue weighted by molar-refractivity contribution is 5.01. The fraction of sp³-hybridized carbons (Fsp3) is 1.00. The third-order valence-electron chi connectivity index (χ3n) is 5.76. The van der Waals surface area contributed by atoms with Crippen LogP contribution in [0.2, 0.25) is 0 Å². The zero-order chi connectivity index (χ0) is 12.9. The van der Waals surface area contributed by atoms with Crippen molar-refractivity contribution in [2.24, 2.45) is 35.3 Å². The maximum absolute atomic E-state index is 6.10. The normalized spacial score (nSPS) is 44.3. The van der Waals surface area contributed by atoms with E-state index in [9.17, 15) is 0 Å². The van der Waals surface area contributed by atoms with Crippen molar-refractivity contribution in [3.05, 3.63) is 0 Å². The molecule has 2 nitrogen and oxygen atoms in total. The van der Waals surface area contributed by atoms with Crippen molar-refractivity contribution in [3.8, 4) is 0 Å². The highest BCUT2D eigenvalue weighted by atomic mass is 15.0.